The molecule has 0 bridgehead atoms. The second-order valence-corrected chi connectivity index (χ2v) is 64.3. The second kappa shape index (κ2) is 52.1. The first-order valence-corrected chi connectivity index (χ1v) is 67.3. The van der Waals surface area contributed by atoms with Gasteiger partial charge in [0.15, 0.2) is 0 Å². The zero-order valence-electron chi connectivity index (χ0n) is 88.5. The van der Waals surface area contributed by atoms with Gasteiger partial charge in [0.05, 0.1) is 34.0 Å². The summed E-state index contributed by atoms with van der Waals surface area (Å²) in [4.78, 5) is 12.1. The minimum atomic E-state index is -1.90. The summed E-state index contributed by atoms with van der Waals surface area (Å²) in [5.41, 5.74) is 33.8. The van der Waals surface area contributed by atoms with Crippen LogP contribution in [0.3, 0.4) is 0 Å². The predicted molar refractivity (Wildman–Crippen MR) is 606 cm³/mol. The summed E-state index contributed by atoms with van der Waals surface area (Å²) in [6.45, 7) is 57.4. The van der Waals surface area contributed by atoms with Crippen LogP contribution >= 0.6 is 66.2 Å². The van der Waals surface area contributed by atoms with Crippen molar-refractivity contribution in [2.45, 2.75) is 433 Å². The molecule has 7 aliphatic carbocycles. The fraction of sp³-hybridized carbons (Fsp3) is 0.570. The van der Waals surface area contributed by atoms with Crippen LogP contribution in [-0.4, -0.2) is 83.7 Å². The minimum absolute atomic E-state index is 0.0465. The standard InChI is InChI=1S/C37H54ClN3.C21H27N2.2C18H33P.C17H18O.C10H10.4ClH.2Ru/c1-25-16-26(2)20-31(19-25)39(34(7,8)9)37(38,40(35(10,11)12)32-21-27(3)17-28(4)22-32)41(36(13,14)15)33-23-29(5)18-30(6)24-33;1-14-9-16(3)20(17(4)10-14)22-7-8-23(13-22)21-18(5)11-15(2)12-19(21)6;2*1-4-10-16(11-5-1)19(17-12-6-2-7-13-17)18-14-8-3-9-15-18;1-13(2)18(4)17-14(3)9-8-12-16(17)15-10-6-5-7-11-15;1-8-6-7-9-4-2-3-5-10(8)9;;;;;;/h16-24H,1-15H3;9-13H,7-8H2,1-6H3;2*16-18H,1-15H2;3,5-13H,4H2,1-2H3;2-5,8H,6H2,1H3;4*1H;;/q;-1;;;;;;;;;2*+2/p-2. The van der Waals surface area contributed by atoms with Crippen molar-refractivity contribution in [2.75, 3.05) is 37.6 Å². The van der Waals surface area contributed by atoms with Gasteiger partial charge in [-0.2, -0.15) is 6.67 Å². The third kappa shape index (κ3) is 30.5. The summed E-state index contributed by atoms with van der Waals surface area (Å²) in [5, 5.41) is -1.16. The molecular weight excluding hydrogens is 1980 g/mol. The average molecular weight is 2160 g/mol. The maximum atomic E-state index is 8.59. The number of anilines is 5. The summed E-state index contributed by atoms with van der Waals surface area (Å²) < 4.78 is 6.22. The Morgan fingerprint density at radius 1 is 0.390 bits per heavy atom. The summed E-state index contributed by atoms with van der Waals surface area (Å²) in [6.07, 6.45) is 48.8. The van der Waals surface area contributed by atoms with Gasteiger partial charge in [-0.15, -0.1) is 0 Å². The van der Waals surface area contributed by atoms with Gasteiger partial charge < -0.3 is 24.5 Å². The molecular formula is C121H177Cl5N5OP2Ru2+. The molecule has 1 saturated heterocycles. The summed E-state index contributed by atoms with van der Waals surface area (Å²) >= 11 is 5.01. The SMILES string of the molecule is C1CCC([PH+](C2CCCCC2)C2CCCCC2)CC1.C1CCC([PH+](C2CCCCC2)C2CCCCC2)CC1.CC1C[C](=[Ru]([Cl])[Cl])c2ccccc21.Cc1cc(C)c(N2[CH-]N(c3c(C)cc(C)cc3C)CC2)c(C)c1.Cc1cc(C)cc(N(C(C)(C)C)C(Cl)(N(c2cc(C)cc(C)c2)C(C)(C)C)N(c2cc(C)cc(C)c2)C(C)(C)C)c1.[CH2-][O+](c1c([CH]=[Ru]([Cl])[Cl])cccc1-c1ccccc1)C(C)C. The van der Waals surface area contributed by atoms with E-state index in [0.29, 0.717) is 5.92 Å². The van der Waals surface area contributed by atoms with Gasteiger partial charge in [0.1, 0.15) is 0 Å². The second-order valence-electron chi connectivity index (χ2n) is 45.3. The molecule has 0 radical (unpaired) electrons. The number of benzene rings is 8. The number of hydrogen-bond acceptors (Lipinski definition) is 5. The van der Waals surface area contributed by atoms with Gasteiger partial charge in [0.25, 0.3) is 5.25 Å². The van der Waals surface area contributed by atoms with Crippen LogP contribution in [0.25, 0.3) is 11.1 Å². The van der Waals surface area contributed by atoms with Crippen LogP contribution in [0.5, 0.6) is 5.75 Å². The van der Waals surface area contributed by atoms with E-state index in [1.165, 1.54) is 127 Å². The number of halogens is 5. The molecule has 6 nitrogen and oxygen atoms in total. The van der Waals surface area contributed by atoms with E-state index in [1.807, 2.05) is 34.9 Å². The van der Waals surface area contributed by atoms with E-state index in [0.717, 1.165) is 59.0 Å². The number of hydrogen-bond donors (Lipinski definition) is 0. The third-order valence-corrected chi connectivity index (χ3v) is 45.0. The predicted octanol–water partition coefficient (Wildman–Crippen LogP) is 37.5. The van der Waals surface area contributed by atoms with Crippen LogP contribution in [0.1, 0.15) is 371 Å². The molecule has 15 heteroatoms. The third-order valence-electron chi connectivity index (χ3n) is 30.0. The molecule has 136 heavy (non-hydrogen) atoms. The van der Waals surface area contributed by atoms with E-state index in [1.54, 1.807) is 193 Å². The Morgan fingerprint density at radius 3 is 0.963 bits per heavy atom. The van der Waals surface area contributed by atoms with Crippen molar-refractivity contribution in [1.82, 2.24) is 0 Å². The zero-order valence-corrected chi connectivity index (χ0v) is 97.7. The van der Waals surface area contributed by atoms with Gasteiger partial charge in [-0.1, -0.05) is 92.1 Å². The Hall–Kier alpha value is -4.14. The molecule has 752 valence electrons. The molecule has 1 aliphatic heterocycles. The molecule has 0 amide bonds. The maximum absolute atomic E-state index is 8.59. The Morgan fingerprint density at radius 2 is 0.676 bits per heavy atom. The van der Waals surface area contributed by atoms with Gasteiger partial charge in [-0.3, -0.25) is 0 Å². The van der Waals surface area contributed by atoms with Crippen molar-refractivity contribution in [3.8, 4) is 16.9 Å². The number of rotatable bonds is 18. The van der Waals surface area contributed by atoms with Crippen molar-refractivity contribution in [2.24, 2.45) is 0 Å². The Bertz CT molecular complexity index is 4700. The molecule has 8 aromatic carbocycles. The first-order valence-electron chi connectivity index (χ1n) is 52.6. The normalized spacial score (nSPS) is 18.3. The van der Waals surface area contributed by atoms with Crippen molar-refractivity contribution >= 4 is 103 Å². The van der Waals surface area contributed by atoms with Gasteiger partial charge >= 0.3 is 232 Å². The Balaban J connectivity index is 0.000000163. The number of fused-ring (bicyclic) bond motifs is 1. The number of para-hydroxylation sites is 1. The van der Waals surface area contributed by atoms with E-state index in [2.05, 4.69) is 330 Å². The molecule has 0 N–H and O–H groups in total. The van der Waals surface area contributed by atoms with Gasteiger partial charge in [-0.25, -0.2) is 0 Å². The van der Waals surface area contributed by atoms with E-state index in [9.17, 15) is 0 Å². The summed E-state index contributed by atoms with van der Waals surface area (Å²) in [6, 6.07) is 54.3. The number of nitrogens with zero attached hydrogens (tertiary/aromatic N) is 5. The number of alkyl halides is 1. The zero-order chi connectivity index (χ0) is 98.7. The first-order chi connectivity index (χ1) is 64.5. The van der Waals surface area contributed by atoms with Gasteiger partial charge in [0, 0.05) is 74.0 Å². The van der Waals surface area contributed by atoms with Crippen LogP contribution in [0, 0.1) is 96.9 Å². The first kappa shape index (κ1) is 112. The van der Waals surface area contributed by atoms with E-state index in [-0.39, 0.29) is 38.6 Å². The summed E-state index contributed by atoms with van der Waals surface area (Å²) in [5.74, 6) is 1.60. The molecule has 0 aromatic heterocycles. The molecule has 0 spiro atoms. The van der Waals surface area contributed by atoms with Crippen LogP contribution in [-0.2, 0) is 31.4 Å². The quantitative estimate of drug-likeness (QED) is 0.0162. The Labute approximate surface area is 863 Å². The molecule has 16 rings (SSSR count). The van der Waals surface area contributed by atoms with Crippen molar-refractivity contribution in [3.05, 3.63) is 249 Å². The average Bonchev–Trinajstić information content (AvgIpc) is 0.756. The fourth-order valence-electron chi connectivity index (χ4n) is 25.0. The van der Waals surface area contributed by atoms with Crippen LogP contribution in [0.2, 0.25) is 0 Å². The number of aryl methyl sites for hydroxylation is 12. The van der Waals surface area contributed by atoms with Crippen LogP contribution < -0.4 is 24.5 Å². The molecule has 1 heterocycles. The molecule has 8 aromatic rings. The van der Waals surface area contributed by atoms with Crippen molar-refractivity contribution < 1.29 is 31.4 Å². The topological polar surface area (TPSA) is 18.9 Å². The summed E-state index contributed by atoms with van der Waals surface area (Å²) in [7, 11) is 28.3. The Kier molecular flexibility index (Phi) is 43.0. The van der Waals surface area contributed by atoms with Gasteiger partial charge in [0.2, 0.25) is 0 Å². The molecule has 8 aliphatic rings. The van der Waals surface area contributed by atoms with Gasteiger partial charge in [-0.05, 0) is 403 Å². The fourth-order valence-corrected chi connectivity index (χ4v) is 41.4. The van der Waals surface area contributed by atoms with Crippen LogP contribution in [0.15, 0.2) is 152 Å². The molecule has 7 fully saturated rings. The molecule has 6 saturated carbocycles. The van der Waals surface area contributed by atoms with Crippen LogP contribution in [0.4, 0.5) is 28.4 Å². The van der Waals surface area contributed by atoms with E-state index >= 15 is 0 Å². The molecule has 1 atom stereocenters. The molecule has 1 unspecified atom stereocenters. The van der Waals surface area contributed by atoms with E-state index in [4.69, 9.17) is 50.4 Å². The van der Waals surface area contributed by atoms with E-state index < -0.39 is 32.3 Å². The monoisotopic (exact) mass is 2160 g/mol. The van der Waals surface area contributed by atoms with Crippen molar-refractivity contribution in [3.63, 3.8) is 0 Å². The van der Waals surface area contributed by atoms with Crippen molar-refractivity contribution in [1.29, 1.82) is 0 Å².